The largest absolute Gasteiger partial charge is 0.489 e. The first-order valence-corrected chi connectivity index (χ1v) is 9.98. The Morgan fingerprint density at radius 2 is 1.57 bits per heavy atom. The molecule has 0 radical (unpaired) electrons. The Labute approximate surface area is 176 Å². The summed E-state index contributed by atoms with van der Waals surface area (Å²) in [7, 11) is 0. The summed E-state index contributed by atoms with van der Waals surface area (Å²) in [5.74, 6) is 1.82. The second-order valence-electron chi connectivity index (χ2n) is 8.00. The average molecular weight is 399 g/mol. The third-order valence-electron chi connectivity index (χ3n) is 5.33. The molecule has 0 aliphatic carbocycles. The zero-order valence-corrected chi connectivity index (χ0v) is 17.7. The van der Waals surface area contributed by atoms with E-state index in [9.17, 15) is 0 Å². The van der Waals surface area contributed by atoms with Crippen molar-refractivity contribution >= 4 is 0 Å². The van der Waals surface area contributed by atoms with Crippen molar-refractivity contribution in [1.82, 2.24) is 15.1 Å². The van der Waals surface area contributed by atoms with E-state index in [4.69, 9.17) is 9.26 Å². The summed E-state index contributed by atoms with van der Waals surface area (Å²) >= 11 is 0. The van der Waals surface area contributed by atoms with Crippen LogP contribution in [0.5, 0.6) is 5.75 Å². The zero-order valence-electron chi connectivity index (χ0n) is 17.7. The van der Waals surface area contributed by atoms with E-state index < -0.39 is 0 Å². The topological polar surface area (TPSA) is 61.0 Å². The van der Waals surface area contributed by atoms with E-state index >= 15 is 0 Å². The van der Waals surface area contributed by atoms with E-state index in [-0.39, 0.29) is 5.41 Å². The minimum atomic E-state index is -0.0750. The molecular formula is C25H25N3O2. The van der Waals surface area contributed by atoms with Crippen molar-refractivity contribution in [2.24, 2.45) is 0 Å². The van der Waals surface area contributed by atoms with Crippen molar-refractivity contribution in [2.45, 2.75) is 39.7 Å². The highest BCUT2D eigenvalue weighted by Gasteiger charge is 2.22. The fourth-order valence-electron chi connectivity index (χ4n) is 3.35. The van der Waals surface area contributed by atoms with Gasteiger partial charge in [-0.3, -0.25) is 4.98 Å². The molecule has 0 aliphatic heterocycles. The highest BCUT2D eigenvalue weighted by Crippen LogP contribution is 2.32. The number of ether oxygens (including phenoxy) is 1. The molecule has 0 fully saturated rings. The maximum atomic E-state index is 5.98. The molecule has 0 unspecified atom stereocenters. The molecule has 2 aromatic carbocycles. The molecule has 0 spiro atoms. The Kier molecular flexibility index (Phi) is 5.36. The van der Waals surface area contributed by atoms with Gasteiger partial charge in [-0.05, 0) is 54.8 Å². The highest BCUT2D eigenvalue weighted by atomic mass is 16.5. The molecule has 4 aromatic rings. The van der Waals surface area contributed by atoms with Crippen molar-refractivity contribution in [2.75, 3.05) is 0 Å². The van der Waals surface area contributed by atoms with Crippen LogP contribution in [-0.4, -0.2) is 15.1 Å². The van der Waals surface area contributed by atoms with Gasteiger partial charge >= 0.3 is 0 Å². The van der Waals surface area contributed by atoms with Gasteiger partial charge < -0.3 is 9.26 Å². The average Bonchev–Trinajstić information content (AvgIpc) is 3.19. The quantitative estimate of drug-likeness (QED) is 0.419. The van der Waals surface area contributed by atoms with Crippen LogP contribution in [0.3, 0.4) is 0 Å². The van der Waals surface area contributed by atoms with Gasteiger partial charge in [0.1, 0.15) is 18.1 Å². The number of aryl methyl sites for hydroxylation is 2. The molecule has 4 rings (SSSR count). The Balaban J connectivity index is 1.45. The lowest BCUT2D eigenvalue weighted by Crippen LogP contribution is -2.18. The predicted octanol–water partition coefficient (Wildman–Crippen LogP) is 5.65. The zero-order chi connectivity index (χ0) is 21.1. The third-order valence-corrected chi connectivity index (χ3v) is 5.33. The van der Waals surface area contributed by atoms with Gasteiger partial charge in [0.2, 0.25) is 0 Å². The smallest absolute Gasteiger partial charge is 0.276 e. The van der Waals surface area contributed by atoms with Crippen LogP contribution in [0.1, 0.15) is 41.9 Å². The van der Waals surface area contributed by atoms with E-state index in [0.29, 0.717) is 24.0 Å². The van der Waals surface area contributed by atoms with E-state index in [1.54, 1.807) is 13.1 Å². The minimum absolute atomic E-state index is 0.0750. The number of rotatable bonds is 6. The summed E-state index contributed by atoms with van der Waals surface area (Å²) in [4.78, 5) is 8.52. The first kappa shape index (κ1) is 19.8. The number of nitrogens with zero attached hydrogens (tertiary/aromatic N) is 3. The van der Waals surface area contributed by atoms with Gasteiger partial charge in [0.15, 0.2) is 5.82 Å². The van der Waals surface area contributed by atoms with E-state index in [1.807, 2.05) is 24.3 Å². The van der Waals surface area contributed by atoms with Gasteiger partial charge in [-0.15, -0.1) is 0 Å². The van der Waals surface area contributed by atoms with Gasteiger partial charge in [-0.2, -0.15) is 4.98 Å². The van der Waals surface area contributed by atoms with Crippen LogP contribution >= 0.6 is 0 Å². The molecule has 0 bridgehead atoms. The first-order valence-electron chi connectivity index (χ1n) is 9.98. The molecule has 0 saturated carbocycles. The van der Waals surface area contributed by atoms with E-state index in [2.05, 4.69) is 72.3 Å². The molecule has 5 nitrogen and oxygen atoms in total. The van der Waals surface area contributed by atoms with Crippen LogP contribution < -0.4 is 4.74 Å². The Morgan fingerprint density at radius 1 is 0.900 bits per heavy atom. The monoisotopic (exact) mass is 399 g/mol. The fourth-order valence-corrected chi connectivity index (χ4v) is 3.35. The van der Waals surface area contributed by atoms with Crippen molar-refractivity contribution in [1.29, 1.82) is 0 Å². The third kappa shape index (κ3) is 4.25. The van der Waals surface area contributed by atoms with Gasteiger partial charge in [-0.1, -0.05) is 61.0 Å². The SMILES string of the molecule is Cc1ccc(C(C)(C)c2ccc(OCc3ccnc(-c4nc(C)no4)c3)cc2)cc1. The summed E-state index contributed by atoms with van der Waals surface area (Å²) in [6.45, 7) is 8.81. The van der Waals surface area contributed by atoms with Crippen molar-refractivity contribution in [3.8, 4) is 17.3 Å². The Hall–Kier alpha value is -3.47. The number of hydrogen-bond donors (Lipinski definition) is 0. The minimum Gasteiger partial charge on any atom is -0.489 e. The summed E-state index contributed by atoms with van der Waals surface area (Å²) in [5, 5.41) is 3.81. The maximum Gasteiger partial charge on any atom is 0.276 e. The number of pyridine rings is 1. The lowest BCUT2D eigenvalue weighted by molar-refractivity contribution is 0.306. The molecule has 0 N–H and O–H groups in total. The normalized spacial score (nSPS) is 11.5. The summed E-state index contributed by atoms with van der Waals surface area (Å²) in [6, 6.07) is 20.9. The van der Waals surface area contributed by atoms with E-state index in [1.165, 1.54) is 16.7 Å². The van der Waals surface area contributed by atoms with Crippen LogP contribution in [-0.2, 0) is 12.0 Å². The fraction of sp³-hybridized carbons (Fsp3) is 0.240. The van der Waals surface area contributed by atoms with Gasteiger partial charge in [0, 0.05) is 11.6 Å². The molecule has 30 heavy (non-hydrogen) atoms. The van der Waals surface area contributed by atoms with Crippen LogP contribution in [0.2, 0.25) is 0 Å². The number of benzene rings is 2. The van der Waals surface area contributed by atoms with Crippen molar-refractivity contribution < 1.29 is 9.26 Å². The summed E-state index contributed by atoms with van der Waals surface area (Å²) < 4.78 is 11.2. The molecular weight excluding hydrogens is 374 g/mol. The Morgan fingerprint density at radius 3 is 2.20 bits per heavy atom. The molecule has 2 heterocycles. The number of hydrogen-bond acceptors (Lipinski definition) is 5. The standard InChI is InChI=1S/C25H25N3O2/c1-17-5-7-20(8-6-17)25(3,4)21-9-11-22(12-10-21)29-16-19-13-14-26-23(15-19)24-27-18(2)28-30-24/h5-15H,16H2,1-4H3. The molecule has 5 heteroatoms. The second-order valence-corrected chi connectivity index (χ2v) is 8.00. The summed E-state index contributed by atoms with van der Waals surface area (Å²) in [5.41, 5.74) is 5.37. The second kappa shape index (κ2) is 8.11. The molecule has 0 amide bonds. The van der Waals surface area contributed by atoms with Crippen LogP contribution in [0.15, 0.2) is 71.4 Å². The van der Waals surface area contributed by atoms with Crippen LogP contribution in [0.4, 0.5) is 0 Å². The molecule has 2 aromatic heterocycles. The summed E-state index contributed by atoms with van der Waals surface area (Å²) in [6.07, 6.45) is 1.72. The Bertz CT molecular complexity index is 1130. The molecule has 152 valence electrons. The number of aromatic nitrogens is 3. The van der Waals surface area contributed by atoms with Gasteiger partial charge in [-0.25, -0.2) is 0 Å². The van der Waals surface area contributed by atoms with E-state index in [0.717, 1.165) is 11.3 Å². The lowest BCUT2D eigenvalue weighted by Gasteiger charge is -2.26. The van der Waals surface area contributed by atoms with Gasteiger partial charge in [0.05, 0.1) is 0 Å². The van der Waals surface area contributed by atoms with Crippen molar-refractivity contribution in [3.63, 3.8) is 0 Å². The van der Waals surface area contributed by atoms with Crippen molar-refractivity contribution in [3.05, 3.63) is 94.9 Å². The van der Waals surface area contributed by atoms with Crippen LogP contribution in [0, 0.1) is 13.8 Å². The molecule has 0 saturated heterocycles. The lowest BCUT2D eigenvalue weighted by atomic mass is 9.78. The predicted molar refractivity (Wildman–Crippen MR) is 116 cm³/mol. The molecule has 0 aliphatic rings. The van der Waals surface area contributed by atoms with Gasteiger partial charge in [0.25, 0.3) is 5.89 Å². The first-order chi connectivity index (χ1) is 14.4. The maximum absolute atomic E-state index is 5.98. The highest BCUT2D eigenvalue weighted by molar-refractivity contribution is 5.47. The molecule has 0 atom stereocenters. The van der Waals surface area contributed by atoms with Crippen LogP contribution in [0.25, 0.3) is 11.6 Å².